The zero-order valence-corrected chi connectivity index (χ0v) is 10.8. The molecular formula is C14H15FN4O. The second-order valence-electron chi connectivity index (χ2n) is 4.13. The zero-order valence-electron chi connectivity index (χ0n) is 10.8. The SMILES string of the molecule is Nc1cccnc1NCCNC(=O)c1cccc(F)c1. The van der Waals surface area contributed by atoms with E-state index in [1.807, 2.05) is 0 Å². The maximum atomic E-state index is 13.0. The molecule has 0 aliphatic rings. The Morgan fingerprint density at radius 2 is 2.10 bits per heavy atom. The average Bonchev–Trinajstić information content (AvgIpc) is 2.45. The van der Waals surface area contributed by atoms with Crippen LogP contribution in [-0.4, -0.2) is 24.0 Å². The Hall–Kier alpha value is -2.63. The van der Waals surface area contributed by atoms with Crippen molar-refractivity contribution in [3.05, 3.63) is 54.0 Å². The van der Waals surface area contributed by atoms with Gasteiger partial charge >= 0.3 is 0 Å². The molecule has 0 radical (unpaired) electrons. The molecule has 5 nitrogen and oxygen atoms in total. The van der Waals surface area contributed by atoms with Gasteiger partial charge in [-0.05, 0) is 30.3 Å². The van der Waals surface area contributed by atoms with Gasteiger partial charge in [-0.2, -0.15) is 0 Å². The zero-order chi connectivity index (χ0) is 14.4. The molecule has 0 bridgehead atoms. The van der Waals surface area contributed by atoms with Crippen LogP contribution in [0.5, 0.6) is 0 Å². The first kappa shape index (κ1) is 13.8. The van der Waals surface area contributed by atoms with Gasteiger partial charge in [0.25, 0.3) is 5.91 Å². The molecule has 1 heterocycles. The number of halogens is 1. The summed E-state index contributed by atoms with van der Waals surface area (Å²) in [7, 11) is 0. The van der Waals surface area contributed by atoms with Gasteiger partial charge in [-0.1, -0.05) is 6.07 Å². The van der Waals surface area contributed by atoms with E-state index in [9.17, 15) is 9.18 Å². The Morgan fingerprint density at radius 3 is 2.85 bits per heavy atom. The third-order valence-electron chi connectivity index (χ3n) is 2.63. The summed E-state index contributed by atoms with van der Waals surface area (Å²) in [5.74, 6) is -0.176. The fourth-order valence-corrected chi connectivity index (χ4v) is 1.65. The predicted octanol–water partition coefficient (Wildman–Crippen LogP) is 1.64. The Balaban J connectivity index is 1.79. The second-order valence-corrected chi connectivity index (χ2v) is 4.13. The van der Waals surface area contributed by atoms with Gasteiger partial charge in [-0.15, -0.1) is 0 Å². The van der Waals surface area contributed by atoms with Crippen molar-refractivity contribution in [2.45, 2.75) is 0 Å². The van der Waals surface area contributed by atoms with Crippen LogP contribution < -0.4 is 16.4 Å². The summed E-state index contributed by atoms with van der Waals surface area (Å²) < 4.78 is 13.0. The summed E-state index contributed by atoms with van der Waals surface area (Å²) in [5, 5.41) is 5.69. The minimum absolute atomic E-state index is 0.294. The van der Waals surface area contributed by atoms with Gasteiger partial charge in [-0.3, -0.25) is 4.79 Å². The number of hydrogen-bond donors (Lipinski definition) is 3. The van der Waals surface area contributed by atoms with Gasteiger partial charge in [0.1, 0.15) is 11.6 Å². The van der Waals surface area contributed by atoms with Crippen LogP contribution in [-0.2, 0) is 0 Å². The van der Waals surface area contributed by atoms with Gasteiger partial charge in [0.15, 0.2) is 0 Å². The summed E-state index contributed by atoms with van der Waals surface area (Å²) in [6.07, 6.45) is 1.63. The molecule has 2 rings (SSSR count). The number of amides is 1. The van der Waals surface area contributed by atoms with Crippen molar-refractivity contribution in [3.63, 3.8) is 0 Å². The van der Waals surface area contributed by atoms with Crippen molar-refractivity contribution in [2.24, 2.45) is 0 Å². The molecule has 1 aromatic carbocycles. The number of anilines is 2. The quantitative estimate of drug-likeness (QED) is 0.724. The highest BCUT2D eigenvalue weighted by atomic mass is 19.1. The van der Waals surface area contributed by atoms with Gasteiger partial charge in [0, 0.05) is 24.8 Å². The first-order valence-electron chi connectivity index (χ1n) is 6.15. The topological polar surface area (TPSA) is 80.0 Å². The Morgan fingerprint density at radius 1 is 1.25 bits per heavy atom. The summed E-state index contributed by atoms with van der Waals surface area (Å²) in [5.41, 5.74) is 6.56. The highest BCUT2D eigenvalue weighted by molar-refractivity contribution is 5.94. The molecule has 0 spiro atoms. The maximum absolute atomic E-state index is 13.0. The first-order valence-corrected chi connectivity index (χ1v) is 6.15. The molecule has 0 aliphatic carbocycles. The van der Waals surface area contributed by atoms with Crippen molar-refractivity contribution in [2.75, 3.05) is 24.1 Å². The van der Waals surface area contributed by atoms with E-state index in [0.29, 0.717) is 30.2 Å². The van der Waals surface area contributed by atoms with Crippen LogP contribution in [0.15, 0.2) is 42.6 Å². The number of aromatic nitrogens is 1. The lowest BCUT2D eigenvalue weighted by Gasteiger charge is -2.09. The number of carbonyl (C=O) groups excluding carboxylic acids is 1. The van der Waals surface area contributed by atoms with Crippen LogP contribution in [0.3, 0.4) is 0 Å². The lowest BCUT2D eigenvalue weighted by Crippen LogP contribution is -2.29. The summed E-state index contributed by atoms with van der Waals surface area (Å²) in [4.78, 5) is 15.8. The van der Waals surface area contributed by atoms with Crippen molar-refractivity contribution in [1.29, 1.82) is 0 Å². The molecule has 6 heteroatoms. The molecule has 1 aromatic heterocycles. The standard InChI is InChI=1S/C14H15FN4O/c15-11-4-1-3-10(9-11)14(20)19-8-7-18-13-12(16)5-2-6-17-13/h1-6,9H,7-8,16H2,(H,17,18)(H,19,20). The average molecular weight is 274 g/mol. The van der Waals surface area contributed by atoms with Crippen molar-refractivity contribution in [3.8, 4) is 0 Å². The van der Waals surface area contributed by atoms with E-state index < -0.39 is 5.82 Å². The smallest absolute Gasteiger partial charge is 0.251 e. The van der Waals surface area contributed by atoms with Gasteiger partial charge < -0.3 is 16.4 Å². The number of carbonyl (C=O) groups is 1. The predicted molar refractivity (Wildman–Crippen MR) is 75.9 cm³/mol. The van der Waals surface area contributed by atoms with Crippen LogP contribution in [0.1, 0.15) is 10.4 Å². The molecule has 0 saturated carbocycles. The number of pyridine rings is 1. The third kappa shape index (κ3) is 3.68. The summed E-state index contributed by atoms with van der Waals surface area (Å²) >= 11 is 0. The van der Waals surface area contributed by atoms with E-state index in [0.717, 1.165) is 0 Å². The lowest BCUT2D eigenvalue weighted by atomic mass is 10.2. The minimum atomic E-state index is -0.433. The normalized spacial score (nSPS) is 10.1. The Kier molecular flexibility index (Phi) is 4.49. The minimum Gasteiger partial charge on any atom is -0.396 e. The largest absolute Gasteiger partial charge is 0.396 e. The number of nitrogens with two attached hydrogens (primary N) is 1. The van der Waals surface area contributed by atoms with E-state index in [1.54, 1.807) is 24.4 Å². The van der Waals surface area contributed by atoms with Crippen molar-refractivity contribution >= 4 is 17.4 Å². The Bertz CT molecular complexity index is 603. The van der Waals surface area contributed by atoms with Crippen molar-refractivity contribution < 1.29 is 9.18 Å². The molecule has 0 fully saturated rings. The van der Waals surface area contributed by atoms with E-state index in [-0.39, 0.29) is 5.91 Å². The molecule has 104 valence electrons. The van der Waals surface area contributed by atoms with Gasteiger partial charge in [-0.25, -0.2) is 9.37 Å². The molecule has 2 aromatic rings. The summed E-state index contributed by atoms with van der Waals surface area (Å²) in [6.45, 7) is 0.855. The van der Waals surface area contributed by atoms with Crippen molar-refractivity contribution in [1.82, 2.24) is 10.3 Å². The fourth-order valence-electron chi connectivity index (χ4n) is 1.65. The number of nitrogen functional groups attached to an aromatic ring is 1. The van der Waals surface area contributed by atoms with Crippen LogP contribution in [0, 0.1) is 5.82 Å². The van der Waals surface area contributed by atoms with Crippen LogP contribution in [0.2, 0.25) is 0 Å². The highest BCUT2D eigenvalue weighted by Crippen LogP contribution is 2.11. The number of benzene rings is 1. The highest BCUT2D eigenvalue weighted by Gasteiger charge is 2.05. The molecule has 0 saturated heterocycles. The maximum Gasteiger partial charge on any atom is 0.251 e. The van der Waals surface area contributed by atoms with Crippen LogP contribution >= 0.6 is 0 Å². The molecule has 20 heavy (non-hydrogen) atoms. The number of hydrogen-bond acceptors (Lipinski definition) is 4. The molecule has 0 aliphatic heterocycles. The van der Waals surface area contributed by atoms with E-state index >= 15 is 0 Å². The molecule has 0 unspecified atom stereocenters. The molecular weight excluding hydrogens is 259 g/mol. The monoisotopic (exact) mass is 274 g/mol. The number of nitrogens with zero attached hydrogens (tertiary/aromatic N) is 1. The number of nitrogens with one attached hydrogen (secondary N) is 2. The Labute approximate surface area is 116 Å². The van der Waals surface area contributed by atoms with E-state index in [2.05, 4.69) is 15.6 Å². The fraction of sp³-hybridized carbons (Fsp3) is 0.143. The summed E-state index contributed by atoms with van der Waals surface area (Å²) in [6, 6.07) is 9.02. The van der Waals surface area contributed by atoms with Crippen LogP contribution in [0.25, 0.3) is 0 Å². The van der Waals surface area contributed by atoms with E-state index in [1.165, 1.54) is 18.2 Å². The second kappa shape index (κ2) is 6.51. The third-order valence-corrected chi connectivity index (χ3v) is 2.63. The lowest BCUT2D eigenvalue weighted by molar-refractivity contribution is 0.0954. The first-order chi connectivity index (χ1) is 9.66. The van der Waals surface area contributed by atoms with E-state index in [4.69, 9.17) is 5.73 Å². The van der Waals surface area contributed by atoms with Gasteiger partial charge in [0.05, 0.1) is 5.69 Å². The van der Waals surface area contributed by atoms with Gasteiger partial charge in [0.2, 0.25) is 0 Å². The molecule has 1 amide bonds. The van der Waals surface area contributed by atoms with Crippen LogP contribution in [0.4, 0.5) is 15.9 Å². The number of rotatable bonds is 5. The molecule has 0 atom stereocenters. The molecule has 4 N–H and O–H groups in total.